The molecule has 0 heterocycles. The first-order chi connectivity index (χ1) is 8.16. The average Bonchev–Trinajstić information content (AvgIpc) is 2.27. The van der Waals surface area contributed by atoms with Gasteiger partial charge in [0, 0.05) is 19.4 Å². The van der Waals surface area contributed by atoms with Crippen molar-refractivity contribution in [2.24, 2.45) is 5.73 Å². The van der Waals surface area contributed by atoms with E-state index < -0.39 is 0 Å². The fourth-order valence-electron chi connectivity index (χ4n) is 1.66. The van der Waals surface area contributed by atoms with Gasteiger partial charge in [-0.3, -0.25) is 4.79 Å². The molecule has 17 heavy (non-hydrogen) atoms. The minimum atomic E-state index is 0.120. The van der Waals surface area contributed by atoms with Crippen LogP contribution < -0.4 is 11.1 Å². The van der Waals surface area contributed by atoms with E-state index in [1.165, 1.54) is 32.1 Å². The van der Waals surface area contributed by atoms with Crippen LogP contribution in [0.1, 0.15) is 64.7 Å². The van der Waals surface area contributed by atoms with E-state index >= 15 is 0 Å². The van der Waals surface area contributed by atoms with Crippen molar-refractivity contribution in [3.05, 3.63) is 0 Å². The summed E-state index contributed by atoms with van der Waals surface area (Å²) in [4.78, 5) is 11.8. The van der Waals surface area contributed by atoms with Crippen LogP contribution in [-0.2, 0) is 4.79 Å². The van der Waals surface area contributed by atoms with Crippen LogP contribution in [0.3, 0.4) is 0 Å². The molecule has 0 aromatic carbocycles. The SMILES string of the molecule is CCCCCCCCCC(=O)NCCC(N)=S. The van der Waals surface area contributed by atoms with Gasteiger partial charge in [-0.1, -0.05) is 57.7 Å². The van der Waals surface area contributed by atoms with Crippen molar-refractivity contribution in [3.8, 4) is 0 Å². The van der Waals surface area contributed by atoms with Crippen molar-refractivity contribution in [3.63, 3.8) is 0 Å². The van der Waals surface area contributed by atoms with Gasteiger partial charge in [0.1, 0.15) is 0 Å². The van der Waals surface area contributed by atoms with Crippen molar-refractivity contribution in [1.82, 2.24) is 5.32 Å². The Hall–Kier alpha value is -0.640. The Morgan fingerprint density at radius 1 is 1.06 bits per heavy atom. The lowest BCUT2D eigenvalue weighted by Crippen LogP contribution is -2.26. The van der Waals surface area contributed by atoms with Crippen LogP contribution in [-0.4, -0.2) is 17.4 Å². The number of carbonyl (C=O) groups excluding carboxylic acids is 1. The van der Waals surface area contributed by atoms with Crippen LogP contribution in [0.25, 0.3) is 0 Å². The predicted octanol–water partition coefficient (Wildman–Crippen LogP) is 2.92. The van der Waals surface area contributed by atoms with E-state index in [0.717, 1.165) is 12.8 Å². The van der Waals surface area contributed by atoms with Gasteiger partial charge in [0.25, 0.3) is 0 Å². The second-order valence-electron chi connectivity index (χ2n) is 4.44. The number of amides is 1. The molecule has 0 atom stereocenters. The summed E-state index contributed by atoms with van der Waals surface area (Å²) in [5.74, 6) is 0.120. The Morgan fingerprint density at radius 3 is 2.24 bits per heavy atom. The first kappa shape index (κ1) is 16.4. The van der Waals surface area contributed by atoms with Crippen LogP contribution in [0.4, 0.5) is 0 Å². The maximum absolute atomic E-state index is 11.4. The van der Waals surface area contributed by atoms with Gasteiger partial charge >= 0.3 is 0 Å². The minimum absolute atomic E-state index is 0.120. The molecule has 0 spiro atoms. The van der Waals surface area contributed by atoms with Crippen LogP contribution in [0, 0.1) is 0 Å². The summed E-state index contributed by atoms with van der Waals surface area (Å²) in [7, 11) is 0. The topological polar surface area (TPSA) is 55.1 Å². The molecule has 0 aliphatic heterocycles. The number of hydrogen-bond donors (Lipinski definition) is 2. The van der Waals surface area contributed by atoms with Crippen LogP contribution in [0.2, 0.25) is 0 Å². The molecular formula is C13H26N2OS. The third-order valence-electron chi connectivity index (χ3n) is 2.70. The lowest BCUT2D eigenvalue weighted by molar-refractivity contribution is -0.121. The van der Waals surface area contributed by atoms with Gasteiger partial charge in [-0.25, -0.2) is 0 Å². The standard InChI is InChI=1S/C13H26N2OS/c1-2-3-4-5-6-7-8-9-13(16)15-11-10-12(14)17/h2-11H2,1H3,(H2,14,17)(H,15,16). The first-order valence-corrected chi connectivity index (χ1v) is 7.12. The number of nitrogens with two attached hydrogens (primary N) is 1. The minimum Gasteiger partial charge on any atom is -0.393 e. The van der Waals surface area contributed by atoms with E-state index in [0.29, 0.717) is 24.4 Å². The van der Waals surface area contributed by atoms with E-state index in [2.05, 4.69) is 12.2 Å². The quantitative estimate of drug-likeness (QED) is 0.442. The molecule has 0 aliphatic rings. The normalized spacial score (nSPS) is 10.2. The van der Waals surface area contributed by atoms with E-state index in [1.807, 2.05) is 0 Å². The number of carbonyl (C=O) groups is 1. The lowest BCUT2D eigenvalue weighted by atomic mass is 10.1. The second kappa shape index (κ2) is 11.8. The monoisotopic (exact) mass is 258 g/mol. The fraction of sp³-hybridized carbons (Fsp3) is 0.846. The van der Waals surface area contributed by atoms with E-state index in [9.17, 15) is 4.79 Å². The average molecular weight is 258 g/mol. The Labute approximate surface area is 111 Å². The van der Waals surface area contributed by atoms with E-state index in [1.54, 1.807) is 0 Å². The summed E-state index contributed by atoms with van der Waals surface area (Å²) in [6.45, 7) is 2.79. The fourth-order valence-corrected chi connectivity index (χ4v) is 1.76. The van der Waals surface area contributed by atoms with Gasteiger partial charge in [0.2, 0.25) is 5.91 Å². The third kappa shape index (κ3) is 13.3. The maximum Gasteiger partial charge on any atom is 0.220 e. The summed E-state index contributed by atoms with van der Waals surface area (Å²) < 4.78 is 0. The molecule has 0 saturated carbocycles. The highest BCUT2D eigenvalue weighted by atomic mass is 32.1. The second-order valence-corrected chi connectivity index (χ2v) is 4.96. The van der Waals surface area contributed by atoms with Gasteiger partial charge < -0.3 is 11.1 Å². The van der Waals surface area contributed by atoms with Gasteiger partial charge in [-0.15, -0.1) is 0 Å². The van der Waals surface area contributed by atoms with Crippen molar-refractivity contribution >= 4 is 23.1 Å². The Balaban J connectivity index is 3.19. The van der Waals surface area contributed by atoms with Crippen LogP contribution in [0.15, 0.2) is 0 Å². The molecule has 4 heteroatoms. The third-order valence-corrected chi connectivity index (χ3v) is 2.91. The molecule has 0 aromatic heterocycles. The molecule has 100 valence electrons. The molecule has 0 saturated heterocycles. The molecule has 1 amide bonds. The molecule has 0 aliphatic carbocycles. The summed E-state index contributed by atoms with van der Waals surface area (Å²) in [6.07, 6.45) is 9.87. The van der Waals surface area contributed by atoms with Gasteiger partial charge in [-0.05, 0) is 6.42 Å². The number of unbranched alkanes of at least 4 members (excludes halogenated alkanes) is 6. The molecule has 0 bridgehead atoms. The number of nitrogens with one attached hydrogen (secondary N) is 1. The molecular weight excluding hydrogens is 232 g/mol. The van der Waals surface area contributed by atoms with Crippen molar-refractivity contribution in [1.29, 1.82) is 0 Å². The van der Waals surface area contributed by atoms with Crippen LogP contribution >= 0.6 is 12.2 Å². The molecule has 0 aromatic rings. The highest BCUT2D eigenvalue weighted by molar-refractivity contribution is 7.80. The Kier molecular flexibility index (Phi) is 11.4. The molecule has 0 radical (unpaired) electrons. The number of rotatable bonds is 11. The van der Waals surface area contributed by atoms with Crippen molar-refractivity contribution in [2.45, 2.75) is 64.7 Å². The van der Waals surface area contributed by atoms with E-state index in [4.69, 9.17) is 18.0 Å². The van der Waals surface area contributed by atoms with E-state index in [-0.39, 0.29) is 5.91 Å². The first-order valence-electron chi connectivity index (χ1n) is 6.71. The zero-order chi connectivity index (χ0) is 12.9. The van der Waals surface area contributed by atoms with Gasteiger partial charge in [0.15, 0.2) is 0 Å². The lowest BCUT2D eigenvalue weighted by Gasteiger charge is -2.04. The number of hydrogen-bond acceptors (Lipinski definition) is 2. The summed E-state index contributed by atoms with van der Waals surface area (Å²) in [5.41, 5.74) is 5.34. The Bertz CT molecular complexity index is 219. The zero-order valence-electron chi connectivity index (χ0n) is 11.0. The Morgan fingerprint density at radius 2 is 1.65 bits per heavy atom. The predicted molar refractivity (Wildman–Crippen MR) is 77.0 cm³/mol. The molecule has 0 fully saturated rings. The highest BCUT2D eigenvalue weighted by Gasteiger charge is 2.00. The maximum atomic E-state index is 11.4. The largest absolute Gasteiger partial charge is 0.393 e. The zero-order valence-corrected chi connectivity index (χ0v) is 11.8. The van der Waals surface area contributed by atoms with Crippen molar-refractivity contribution in [2.75, 3.05) is 6.54 Å². The van der Waals surface area contributed by atoms with Gasteiger partial charge in [0.05, 0.1) is 4.99 Å². The molecule has 3 N–H and O–H groups in total. The smallest absolute Gasteiger partial charge is 0.220 e. The highest BCUT2D eigenvalue weighted by Crippen LogP contribution is 2.08. The summed E-state index contributed by atoms with van der Waals surface area (Å²) in [6, 6.07) is 0. The summed E-state index contributed by atoms with van der Waals surface area (Å²) in [5, 5.41) is 2.82. The van der Waals surface area contributed by atoms with Gasteiger partial charge in [-0.2, -0.15) is 0 Å². The molecule has 3 nitrogen and oxygen atoms in total. The van der Waals surface area contributed by atoms with Crippen molar-refractivity contribution < 1.29 is 4.79 Å². The van der Waals surface area contributed by atoms with Crippen LogP contribution in [0.5, 0.6) is 0 Å². The number of thiocarbonyl (C=S) groups is 1. The summed E-state index contributed by atoms with van der Waals surface area (Å²) >= 11 is 4.73. The molecule has 0 rings (SSSR count). The molecule has 0 unspecified atom stereocenters.